The molecule has 1 aliphatic rings. The molecule has 25 heavy (non-hydrogen) atoms. The van der Waals surface area contributed by atoms with Crippen LogP contribution in [-0.4, -0.2) is 55.5 Å². The van der Waals surface area contributed by atoms with Crippen molar-refractivity contribution in [1.29, 1.82) is 0 Å². The van der Waals surface area contributed by atoms with E-state index in [0.717, 1.165) is 12.0 Å². The first-order valence-electron chi connectivity index (χ1n) is 8.73. The quantitative estimate of drug-likeness (QED) is 0.755. The summed E-state index contributed by atoms with van der Waals surface area (Å²) < 4.78 is 25.4. The average molecular weight is 387 g/mol. The second-order valence-electron chi connectivity index (χ2n) is 6.70. The molecule has 140 valence electrons. The Kier molecular flexibility index (Phi) is 6.88. The van der Waals surface area contributed by atoms with Gasteiger partial charge in [-0.3, -0.25) is 4.79 Å². The van der Waals surface area contributed by atoms with Crippen molar-refractivity contribution in [2.75, 3.05) is 25.9 Å². The third kappa shape index (κ3) is 5.19. The van der Waals surface area contributed by atoms with Crippen LogP contribution in [0.15, 0.2) is 24.3 Å². The molecule has 2 rings (SSSR count). The first-order chi connectivity index (χ1) is 11.7. The van der Waals surface area contributed by atoms with Crippen LogP contribution in [0.1, 0.15) is 32.3 Å². The van der Waals surface area contributed by atoms with Gasteiger partial charge in [0.15, 0.2) is 0 Å². The second-order valence-corrected chi connectivity index (χ2v) is 9.40. The summed E-state index contributed by atoms with van der Waals surface area (Å²) in [6, 6.07) is 7.74. The van der Waals surface area contributed by atoms with E-state index >= 15 is 0 Å². The molecule has 1 saturated heterocycles. The maximum atomic E-state index is 12.7. The highest BCUT2D eigenvalue weighted by Gasteiger charge is 2.32. The standard InChI is InChI=1S/C18H27ClN2O3S/c1-4-25(23,24)21-11-9-16(10-12-21)18(22)20(3)14(2)13-15-5-7-17(19)8-6-15/h5-8,14,16H,4,9-13H2,1-3H3. The number of rotatable bonds is 6. The van der Waals surface area contributed by atoms with Crippen molar-refractivity contribution in [3.05, 3.63) is 34.9 Å². The van der Waals surface area contributed by atoms with Gasteiger partial charge in [-0.15, -0.1) is 0 Å². The predicted octanol–water partition coefficient (Wildman–Crippen LogP) is 2.79. The lowest BCUT2D eigenvalue weighted by Gasteiger charge is -2.34. The highest BCUT2D eigenvalue weighted by molar-refractivity contribution is 7.89. The summed E-state index contributed by atoms with van der Waals surface area (Å²) in [7, 11) is -1.32. The number of hydrogen-bond acceptors (Lipinski definition) is 3. The van der Waals surface area contributed by atoms with Crippen molar-refractivity contribution in [1.82, 2.24) is 9.21 Å². The third-order valence-corrected chi connectivity index (χ3v) is 7.15. The summed E-state index contributed by atoms with van der Waals surface area (Å²) in [4.78, 5) is 14.5. The van der Waals surface area contributed by atoms with Gasteiger partial charge in [0.2, 0.25) is 15.9 Å². The van der Waals surface area contributed by atoms with Crippen molar-refractivity contribution >= 4 is 27.5 Å². The number of likely N-dealkylation sites (N-methyl/N-ethyl adjacent to an activating group) is 1. The number of hydrogen-bond donors (Lipinski definition) is 0. The molecule has 1 fully saturated rings. The fraction of sp³-hybridized carbons (Fsp3) is 0.611. The van der Waals surface area contributed by atoms with Crippen molar-refractivity contribution in [3.8, 4) is 0 Å². The largest absolute Gasteiger partial charge is 0.342 e. The fourth-order valence-electron chi connectivity index (χ4n) is 3.17. The van der Waals surface area contributed by atoms with Crippen LogP contribution in [0.3, 0.4) is 0 Å². The van der Waals surface area contributed by atoms with E-state index in [0.29, 0.717) is 31.0 Å². The average Bonchev–Trinajstić information content (AvgIpc) is 2.62. The van der Waals surface area contributed by atoms with E-state index in [1.54, 1.807) is 11.8 Å². The smallest absolute Gasteiger partial charge is 0.225 e. The van der Waals surface area contributed by atoms with E-state index in [-0.39, 0.29) is 23.6 Å². The number of amides is 1. The minimum atomic E-state index is -3.15. The molecule has 0 bridgehead atoms. The SMILES string of the molecule is CCS(=O)(=O)N1CCC(C(=O)N(C)C(C)Cc2ccc(Cl)cc2)CC1. The van der Waals surface area contributed by atoms with Gasteiger partial charge in [0.1, 0.15) is 0 Å². The van der Waals surface area contributed by atoms with Gasteiger partial charge in [-0.05, 0) is 50.8 Å². The Morgan fingerprint density at radius 3 is 2.36 bits per heavy atom. The lowest BCUT2D eigenvalue weighted by molar-refractivity contribution is -0.137. The summed E-state index contributed by atoms with van der Waals surface area (Å²) >= 11 is 5.91. The number of piperidine rings is 1. The Hall–Kier alpha value is -1.11. The van der Waals surface area contributed by atoms with Gasteiger partial charge in [-0.25, -0.2) is 12.7 Å². The maximum Gasteiger partial charge on any atom is 0.225 e. The molecule has 1 aliphatic heterocycles. The van der Waals surface area contributed by atoms with Crippen LogP contribution >= 0.6 is 11.6 Å². The molecule has 5 nitrogen and oxygen atoms in total. The van der Waals surface area contributed by atoms with Crippen LogP contribution in [0.2, 0.25) is 5.02 Å². The summed E-state index contributed by atoms with van der Waals surface area (Å²) in [6.45, 7) is 4.56. The van der Waals surface area contributed by atoms with Gasteiger partial charge >= 0.3 is 0 Å². The molecule has 1 aromatic rings. The topological polar surface area (TPSA) is 57.7 Å². The summed E-state index contributed by atoms with van der Waals surface area (Å²) in [6.07, 6.45) is 1.95. The number of benzene rings is 1. The molecule has 0 spiro atoms. The third-order valence-electron chi connectivity index (χ3n) is 5.01. The van der Waals surface area contributed by atoms with Crippen molar-refractivity contribution in [2.24, 2.45) is 5.92 Å². The van der Waals surface area contributed by atoms with Gasteiger partial charge in [0.25, 0.3) is 0 Å². The highest BCUT2D eigenvalue weighted by atomic mass is 35.5. The normalized spacial score (nSPS) is 18.1. The molecule has 0 N–H and O–H groups in total. The van der Waals surface area contributed by atoms with Gasteiger partial charge in [-0.1, -0.05) is 23.7 Å². The molecule has 0 aromatic heterocycles. The number of sulfonamides is 1. The first-order valence-corrected chi connectivity index (χ1v) is 10.7. The first kappa shape index (κ1) is 20.2. The molecule has 7 heteroatoms. The van der Waals surface area contributed by atoms with Gasteiger partial charge < -0.3 is 4.90 Å². The maximum absolute atomic E-state index is 12.7. The number of carbonyl (C=O) groups is 1. The number of nitrogens with zero attached hydrogens (tertiary/aromatic N) is 2. The van der Waals surface area contributed by atoms with Crippen LogP contribution in [0, 0.1) is 5.92 Å². The van der Waals surface area contributed by atoms with E-state index in [2.05, 4.69) is 0 Å². The van der Waals surface area contributed by atoms with Gasteiger partial charge in [0.05, 0.1) is 5.75 Å². The van der Waals surface area contributed by atoms with Crippen LogP contribution in [0.5, 0.6) is 0 Å². The van der Waals surface area contributed by atoms with Crippen molar-refractivity contribution < 1.29 is 13.2 Å². The van der Waals surface area contributed by atoms with Gasteiger partial charge in [0, 0.05) is 37.1 Å². The zero-order valence-corrected chi connectivity index (χ0v) is 16.7. The number of carbonyl (C=O) groups excluding carboxylic acids is 1. The molecular formula is C18H27ClN2O3S. The van der Waals surface area contributed by atoms with E-state index in [1.165, 1.54) is 4.31 Å². The molecule has 0 aliphatic carbocycles. The summed E-state index contributed by atoms with van der Waals surface area (Å²) in [5, 5.41) is 0.703. The minimum Gasteiger partial charge on any atom is -0.342 e. The van der Waals surface area contributed by atoms with E-state index in [4.69, 9.17) is 11.6 Å². The van der Waals surface area contributed by atoms with Crippen molar-refractivity contribution in [3.63, 3.8) is 0 Å². The Morgan fingerprint density at radius 2 is 1.84 bits per heavy atom. The van der Waals surface area contributed by atoms with Crippen LogP contribution < -0.4 is 0 Å². The Bertz CT molecular complexity index is 683. The summed E-state index contributed by atoms with van der Waals surface area (Å²) in [5.74, 6) is 0.125. The predicted molar refractivity (Wildman–Crippen MR) is 101 cm³/mol. The molecule has 1 unspecified atom stereocenters. The van der Waals surface area contributed by atoms with Crippen LogP contribution in [0.25, 0.3) is 0 Å². The molecule has 0 saturated carbocycles. The zero-order chi connectivity index (χ0) is 18.6. The Balaban J connectivity index is 1.90. The number of halogens is 1. The minimum absolute atomic E-state index is 0.0751. The molecule has 0 radical (unpaired) electrons. The highest BCUT2D eigenvalue weighted by Crippen LogP contribution is 2.23. The zero-order valence-electron chi connectivity index (χ0n) is 15.1. The van der Waals surface area contributed by atoms with E-state index in [1.807, 2.05) is 38.2 Å². The Morgan fingerprint density at radius 1 is 1.28 bits per heavy atom. The molecule has 1 amide bonds. The lowest BCUT2D eigenvalue weighted by atomic mass is 9.95. The van der Waals surface area contributed by atoms with E-state index in [9.17, 15) is 13.2 Å². The monoisotopic (exact) mass is 386 g/mol. The lowest BCUT2D eigenvalue weighted by Crippen LogP contribution is -2.46. The van der Waals surface area contributed by atoms with Crippen LogP contribution in [-0.2, 0) is 21.2 Å². The summed E-state index contributed by atoms with van der Waals surface area (Å²) in [5.41, 5.74) is 1.14. The molecular weight excluding hydrogens is 360 g/mol. The van der Waals surface area contributed by atoms with Crippen LogP contribution in [0.4, 0.5) is 0 Å². The Labute approximate surface area is 156 Å². The van der Waals surface area contributed by atoms with Gasteiger partial charge in [-0.2, -0.15) is 0 Å². The molecule has 1 aromatic carbocycles. The molecule has 1 heterocycles. The van der Waals surface area contributed by atoms with Crippen molar-refractivity contribution in [2.45, 2.75) is 39.2 Å². The fourth-order valence-corrected chi connectivity index (χ4v) is 4.43. The second kappa shape index (κ2) is 8.52. The van der Waals surface area contributed by atoms with E-state index < -0.39 is 10.0 Å². The molecule has 1 atom stereocenters.